The van der Waals surface area contributed by atoms with Gasteiger partial charge in [0, 0.05) is 49.9 Å². The molecule has 2 N–H and O–H groups in total. The minimum atomic E-state index is -0.634. The number of rotatable bonds is 9. The zero-order chi connectivity index (χ0) is 21.3. The van der Waals surface area contributed by atoms with Gasteiger partial charge >= 0.3 is 0 Å². The molecule has 1 amide bonds. The van der Waals surface area contributed by atoms with Crippen molar-refractivity contribution < 1.29 is 9.90 Å². The quantitative estimate of drug-likeness (QED) is 0.407. The molecule has 2 heterocycles. The highest BCUT2D eigenvalue weighted by Gasteiger charge is 2.12. The van der Waals surface area contributed by atoms with Crippen LogP contribution in [0.4, 0.5) is 0 Å². The van der Waals surface area contributed by atoms with Crippen molar-refractivity contribution in [3.63, 3.8) is 0 Å². The van der Waals surface area contributed by atoms with Crippen LogP contribution in [0.1, 0.15) is 33.2 Å². The minimum Gasteiger partial charge on any atom is -0.387 e. The highest BCUT2D eigenvalue weighted by atomic mass is 35.5. The predicted molar refractivity (Wildman–Crippen MR) is 117 cm³/mol. The van der Waals surface area contributed by atoms with Gasteiger partial charge in [0.15, 0.2) is 0 Å². The fourth-order valence-electron chi connectivity index (χ4n) is 3.05. The number of halogens is 1. The average molecular weight is 425 g/mol. The highest BCUT2D eigenvalue weighted by molar-refractivity contribution is 6.29. The summed E-state index contributed by atoms with van der Waals surface area (Å²) in [5.41, 5.74) is 3.50. The van der Waals surface area contributed by atoms with E-state index in [1.807, 2.05) is 36.4 Å². The molecule has 30 heavy (non-hydrogen) atoms. The number of hydrogen-bond acceptors (Lipinski definition) is 5. The first kappa shape index (κ1) is 21.9. The summed E-state index contributed by atoms with van der Waals surface area (Å²) >= 11 is 5.76. The standard InChI is InChI=1S/C23H25ClN4O2/c1-28(16-18-3-2-11-25-13-18)23(30)19-6-4-17(5-7-19)10-12-26-15-21(29)20-8-9-22(24)27-14-20/h2-9,11,13-14,21,26,29H,10,12,15-16H2,1H3/t21-/m0/s1. The van der Waals surface area contributed by atoms with Crippen molar-refractivity contribution in [2.45, 2.75) is 19.1 Å². The number of hydrogen-bond donors (Lipinski definition) is 2. The van der Waals surface area contributed by atoms with Gasteiger partial charge in [0.25, 0.3) is 5.91 Å². The molecule has 7 heteroatoms. The molecule has 0 spiro atoms. The number of nitrogens with one attached hydrogen (secondary N) is 1. The molecule has 0 aliphatic heterocycles. The van der Waals surface area contributed by atoms with Crippen LogP contribution in [-0.4, -0.2) is 46.0 Å². The van der Waals surface area contributed by atoms with Crippen molar-refractivity contribution in [3.8, 4) is 0 Å². The lowest BCUT2D eigenvalue weighted by atomic mass is 10.1. The first-order chi connectivity index (χ1) is 14.5. The lowest BCUT2D eigenvalue weighted by Gasteiger charge is -2.17. The molecule has 3 rings (SSSR count). The van der Waals surface area contributed by atoms with E-state index in [2.05, 4.69) is 15.3 Å². The van der Waals surface area contributed by atoms with Crippen LogP contribution < -0.4 is 5.32 Å². The Morgan fingerprint density at radius 3 is 2.60 bits per heavy atom. The van der Waals surface area contributed by atoms with E-state index < -0.39 is 6.10 Å². The van der Waals surface area contributed by atoms with Crippen LogP contribution in [0.25, 0.3) is 0 Å². The molecular formula is C23H25ClN4O2. The number of aromatic nitrogens is 2. The second-order valence-corrected chi connectivity index (χ2v) is 7.49. The fraction of sp³-hybridized carbons (Fsp3) is 0.261. The third kappa shape index (κ3) is 6.35. The zero-order valence-electron chi connectivity index (χ0n) is 16.8. The maximum absolute atomic E-state index is 12.6. The summed E-state index contributed by atoms with van der Waals surface area (Å²) < 4.78 is 0. The van der Waals surface area contributed by atoms with Gasteiger partial charge in [-0.25, -0.2) is 4.98 Å². The van der Waals surface area contributed by atoms with Gasteiger partial charge in [0.2, 0.25) is 0 Å². The Balaban J connectivity index is 1.43. The minimum absolute atomic E-state index is 0.0248. The summed E-state index contributed by atoms with van der Waals surface area (Å²) in [7, 11) is 1.79. The van der Waals surface area contributed by atoms with E-state index in [1.54, 1.807) is 42.7 Å². The van der Waals surface area contributed by atoms with E-state index in [1.165, 1.54) is 0 Å². The molecule has 0 saturated carbocycles. The average Bonchev–Trinajstić information content (AvgIpc) is 2.77. The lowest BCUT2D eigenvalue weighted by molar-refractivity contribution is 0.0785. The molecule has 6 nitrogen and oxygen atoms in total. The van der Waals surface area contributed by atoms with Crippen molar-refractivity contribution in [3.05, 3.63) is 94.5 Å². The van der Waals surface area contributed by atoms with E-state index in [4.69, 9.17) is 11.6 Å². The molecule has 2 aromatic heterocycles. The van der Waals surface area contributed by atoms with Crippen LogP contribution in [-0.2, 0) is 13.0 Å². The number of carbonyl (C=O) groups is 1. The van der Waals surface area contributed by atoms with E-state index in [-0.39, 0.29) is 5.91 Å². The van der Waals surface area contributed by atoms with Gasteiger partial charge in [-0.2, -0.15) is 0 Å². The number of pyridine rings is 2. The molecule has 0 fully saturated rings. The Morgan fingerprint density at radius 1 is 1.13 bits per heavy atom. The zero-order valence-corrected chi connectivity index (χ0v) is 17.6. The van der Waals surface area contributed by atoms with Crippen LogP contribution >= 0.6 is 11.6 Å². The number of nitrogens with zero attached hydrogens (tertiary/aromatic N) is 3. The molecule has 0 aliphatic rings. The Bertz CT molecular complexity index is 934. The van der Waals surface area contributed by atoms with Crippen molar-refractivity contribution in [1.82, 2.24) is 20.2 Å². The first-order valence-electron chi connectivity index (χ1n) is 9.76. The third-order valence-corrected chi connectivity index (χ3v) is 4.98. The predicted octanol–water partition coefficient (Wildman–Crippen LogP) is 3.27. The molecule has 0 aliphatic carbocycles. The molecule has 0 saturated heterocycles. The molecule has 0 unspecified atom stereocenters. The molecule has 0 radical (unpaired) electrons. The SMILES string of the molecule is CN(Cc1cccnc1)C(=O)c1ccc(CCNC[C@H](O)c2ccc(Cl)nc2)cc1. The summed E-state index contributed by atoms with van der Waals surface area (Å²) in [6, 6.07) is 14.9. The Kier molecular flexibility index (Phi) is 7.90. The maximum atomic E-state index is 12.6. The van der Waals surface area contributed by atoms with Crippen LogP contribution in [0.3, 0.4) is 0 Å². The largest absolute Gasteiger partial charge is 0.387 e. The maximum Gasteiger partial charge on any atom is 0.253 e. The van der Waals surface area contributed by atoms with E-state index in [9.17, 15) is 9.90 Å². The van der Waals surface area contributed by atoms with Crippen molar-refractivity contribution in [1.29, 1.82) is 0 Å². The molecule has 3 aromatic rings. The first-order valence-corrected chi connectivity index (χ1v) is 10.1. The molecule has 156 valence electrons. The van der Waals surface area contributed by atoms with Gasteiger partial charge in [-0.1, -0.05) is 35.9 Å². The smallest absolute Gasteiger partial charge is 0.253 e. The summed E-state index contributed by atoms with van der Waals surface area (Å²) in [4.78, 5) is 22.3. The van der Waals surface area contributed by atoms with Gasteiger partial charge in [-0.15, -0.1) is 0 Å². The van der Waals surface area contributed by atoms with Crippen LogP contribution in [0.15, 0.2) is 67.1 Å². The van der Waals surface area contributed by atoms with Gasteiger partial charge in [-0.05, 0) is 48.4 Å². The van der Waals surface area contributed by atoms with Crippen LogP contribution in [0, 0.1) is 0 Å². The van der Waals surface area contributed by atoms with E-state index in [0.29, 0.717) is 30.4 Å². The van der Waals surface area contributed by atoms with Crippen molar-refractivity contribution in [2.24, 2.45) is 0 Å². The van der Waals surface area contributed by atoms with Crippen molar-refractivity contribution >= 4 is 17.5 Å². The monoisotopic (exact) mass is 424 g/mol. The summed E-state index contributed by atoms with van der Waals surface area (Å²) in [6.07, 6.45) is 5.22. The summed E-state index contributed by atoms with van der Waals surface area (Å²) in [5.74, 6) is -0.0248. The fourth-order valence-corrected chi connectivity index (χ4v) is 3.16. The van der Waals surface area contributed by atoms with Gasteiger partial charge in [-0.3, -0.25) is 9.78 Å². The Labute approximate surface area is 181 Å². The highest BCUT2D eigenvalue weighted by Crippen LogP contribution is 2.13. The van der Waals surface area contributed by atoms with Crippen LogP contribution in [0.5, 0.6) is 0 Å². The number of benzene rings is 1. The Hall–Kier alpha value is -2.80. The van der Waals surface area contributed by atoms with Crippen molar-refractivity contribution in [2.75, 3.05) is 20.1 Å². The number of carbonyl (C=O) groups excluding carboxylic acids is 1. The summed E-state index contributed by atoms with van der Waals surface area (Å²) in [6.45, 7) is 1.66. The summed E-state index contributed by atoms with van der Waals surface area (Å²) in [5, 5.41) is 13.8. The van der Waals surface area contributed by atoms with Gasteiger partial charge in [0.1, 0.15) is 5.15 Å². The molecule has 1 aromatic carbocycles. The van der Waals surface area contributed by atoms with Gasteiger partial charge < -0.3 is 15.3 Å². The van der Waals surface area contributed by atoms with Crippen LogP contribution in [0.2, 0.25) is 5.15 Å². The van der Waals surface area contributed by atoms with Gasteiger partial charge in [0.05, 0.1) is 6.10 Å². The number of amides is 1. The topological polar surface area (TPSA) is 78.4 Å². The number of aliphatic hydroxyl groups excluding tert-OH is 1. The molecule has 0 bridgehead atoms. The normalized spacial score (nSPS) is 11.8. The molecular weight excluding hydrogens is 400 g/mol. The number of aliphatic hydroxyl groups is 1. The lowest BCUT2D eigenvalue weighted by Crippen LogP contribution is -2.26. The van der Waals surface area contributed by atoms with E-state index in [0.717, 1.165) is 23.1 Å². The molecule has 1 atom stereocenters. The second-order valence-electron chi connectivity index (χ2n) is 7.10. The second kappa shape index (κ2) is 10.8. The third-order valence-electron chi connectivity index (χ3n) is 4.75. The van der Waals surface area contributed by atoms with E-state index >= 15 is 0 Å². The Morgan fingerprint density at radius 2 is 1.93 bits per heavy atom.